The van der Waals surface area contributed by atoms with Crippen molar-refractivity contribution in [3.05, 3.63) is 92.8 Å². The minimum Gasteiger partial charge on any atom is -0.465 e. The Labute approximate surface area is 183 Å². The second-order valence-electron chi connectivity index (χ2n) is 6.96. The van der Waals surface area contributed by atoms with E-state index in [1.165, 1.54) is 31.4 Å². The normalized spacial score (nSPS) is 10.5. The lowest BCUT2D eigenvalue weighted by Gasteiger charge is -2.11. The van der Waals surface area contributed by atoms with Crippen LogP contribution in [-0.4, -0.2) is 40.9 Å². The summed E-state index contributed by atoms with van der Waals surface area (Å²) in [5.74, 6) is -1.57. The highest BCUT2D eigenvalue weighted by Gasteiger charge is 2.19. The van der Waals surface area contributed by atoms with E-state index in [4.69, 9.17) is 9.47 Å². The summed E-state index contributed by atoms with van der Waals surface area (Å²) in [7, 11) is 1.31. The third-order valence-electron chi connectivity index (χ3n) is 4.93. The highest BCUT2D eigenvalue weighted by atomic mass is 16.6. The van der Waals surface area contributed by atoms with Gasteiger partial charge in [-0.1, -0.05) is 0 Å². The molecule has 32 heavy (non-hydrogen) atoms. The molecule has 164 valence electrons. The van der Waals surface area contributed by atoms with Crippen molar-refractivity contribution in [1.29, 1.82) is 0 Å². The van der Waals surface area contributed by atoms with Crippen LogP contribution >= 0.6 is 0 Å². The van der Waals surface area contributed by atoms with Gasteiger partial charge in [-0.25, -0.2) is 9.59 Å². The van der Waals surface area contributed by atoms with Crippen molar-refractivity contribution in [2.75, 3.05) is 13.7 Å². The molecule has 1 heterocycles. The zero-order chi connectivity index (χ0) is 23.4. The number of carbonyl (C=O) groups is 3. The van der Waals surface area contributed by atoms with Crippen LogP contribution in [0, 0.1) is 24.0 Å². The smallest absolute Gasteiger partial charge is 0.338 e. The standard InChI is InChI=1S/C23H20N2O7/c1-14-12-20(15(2)24(14)18-8-4-16(5-9-18)22(27)31-3)21(26)13-32-23(28)17-6-10-19(11-7-17)25(29)30/h4-12H,13H2,1-3H3. The number of Topliss-reactive ketones (excluding diaryl/α,β-unsaturated/α-hetero) is 1. The molecular formula is C23H20N2O7. The Bertz CT molecular complexity index is 1190. The van der Waals surface area contributed by atoms with Crippen LogP contribution < -0.4 is 0 Å². The number of aromatic nitrogens is 1. The van der Waals surface area contributed by atoms with Gasteiger partial charge < -0.3 is 14.0 Å². The predicted octanol–water partition coefficient (Wildman–Crippen LogP) is 3.83. The maximum absolute atomic E-state index is 12.7. The summed E-state index contributed by atoms with van der Waals surface area (Å²) < 4.78 is 11.6. The van der Waals surface area contributed by atoms with Crippen LogP contribution in [0.25, 0.3) is 5.69 Å². The maximum Gasteiger partial charge on any atom is 0.338 e. The van der Waals surface area contributed by atoms with Crippen LogP contribution in [0.15, 0.2) is 54.6 Å². The number of rotatable bonds is 7. The second-order valence-corrected chi connectivity index (χ2v) is 6.96. The Kier molecular flexibility index (Phi) is 6.48. The summed E-state index contributed by atoms with van der Waals surface area (Å²) in [5.41, 5.74) is 2.98. The summed E-state index contributed by atoms with van der Waals surface area (Å²) in [6.07, 6.45) is 0. The summed E-state index contributed by atoms with van der Waals surface area (Å²) >= 11 is 0. The zero-order valence-corrected chi connectivity index (χ0v) is 17.7. The fourth-order valence-electron chi connectivity index (χ4n) is 3.32. The number of hydrogen-bond acceptors (Lipinski definition) is 7. The lowest BCUT2D eigenvalue weighted by atomic mass is 10.1. The Balaban J connectivity index is 1.73. The molecule has 0 fully saturated rings. The van der Waals surface area contributed by atoms with Crippen LogP contribution in [0.2, 0.25) is 0 Å². The molecule has 0 aliphatic heterocycles. The number of aryl methyl sites for hydroxylation is 1. The number of nitrogens with zero attached hydrogens (tertiary/aromatic N) is 2. The third kappa shape index (κ3) is 4.56. The van der Waals surface area contributed by atoms with E-state index in [2.05, 4.69) is 0 Å². The van der Waals surface area contributed by atoms with Crippen molar-refractivity contribution in [1.82, 2.24) is 4.57 Å². The number of methoxy groups -OCH3 is 1. The van der Waals surface area contributed by atoms with Gasteiger partial charge in [0, 0.05) is 34.8 Å². The first-order chi connectivity index (χ1) is 15.2. The van der Waals surface area contributed by atoms with Gasteiger partial charge in [-0.15, -0.1) is 0 Å². The number of esters is 2. The van der Waals surface area contributed by atoms with Gasteiger partial charge in [0.25, 0.3) is 5.69 Å². The first kappa shape index (κ1) is 22.4. The van der Waals surface area contributed by atoms with Gasteiger partial charge >= 0.3 is 11.9 Å². The molecule has 0 saturated carbocycles. The summed E-state index contributed by atoms with van der Waals surface area (Å²) in [4.78, 5) is 46.6. The van der Waals surface area contributed by atoms with Gasteiger partial charge in [-0.2, -0.15) is 0 Å². The topological polar surface area (TPSA) is 118 Å². The molecule has 0 atom stereocenters. The number of ketones is 1. The van der Waals surface area contributed by atoms with E-state index in [-0.39, 0.29) is 17.0 Å². The van der Waals surface area contributed by atoms with E-state index in [1.54, 1.807) is 37.3 Å². The largest absolute Gasteiger partial charge is 0.465 e. The average Bonchev–Trinajstić information content (AvgIpc) is 3.10. The molecule has 0 amide bonds. The summed E-state index contributed by atoms with van der Waals surface area (Å²) in [5, 5.41) is 10.7. The molecule has 9 heteroatoms. The molecule has 9 nitrogen and oxygen atoms in total. The van der Waals surface area contributed by atoms with Crippen molar-refractivity contribution < 1.29 is 28.8 Å². The molecule has 3 aromatic rings. The maximum atomic E-state index is 12.7. The molecule has 0 saturated heterocycles. The molecule has 0 unspecified atom stereocenters. The first-order valence-electron chi connectivity index (χ1n) is 9.55. The highest BCUT2D eigenvalue weighted by molar-refractivity contribution is 6.00. The van der Waals surface area contributed by atoms with E-state index in [1.807, 2.05) is 11.5 Å². The fraction of sp³-hybridized carbons (Fsp3) is 0.174. The van der Waals surface area contributed by atoms with E-state index >= 15 is 0 Å². The molecular weight excluding hydrogens is 416 g/mol. The number of ether oxygens (including phenoxy) is 2. The number of benzene rings is 2. The highest BCUT2D eigenvalue weighted by Crippen LogP contribution is 2.22. The molecule has 0 spiro atoms. The Hall–Kier alpha value is -4.27. The van der Waals surface area contributed by atoms with Gasteiger partial charge in [0.2, 0.25) is 5.78 Å². The summed E-state index contributed by atoms with van der Waals surface area (Å²) in [6.45, 7) is 3.13. The minimum atomic E-state index is -0.750. The Morgan fingerprint density at radius 1 is 0.938 bits per heavy atom. The average molecular weight is 436 g/mol. The van der Waals surface area contributed by atoms with Crippen LogP contribution in [-0.2, 0) is 9.47 Å². The quantitative estimate of drug-likeness (QED) is 0.239. The molecule has 0 radical (unpaired) electrons. The lowest BCUT2D eigenvalue weighted by molar-refractivity contribution is -0.384. The molecule has 0 aliphatic carbocycles. The molecule has 1 aromatic heterocycles. The number of non-ortho nitro benzene ring substituents is 1. The number of nitro groups is 1. The van der Waals surface area contributed by atoms with Crippen LogP contribution in [0.4, 0.5) is 5.69 Å². The fourth-order valence-corrected chi connectivity index (χ4v) is 3.32. The summed E-state index contributed by atoms with van der Waals surface area (Å²) in [6, 6.07) is 13.4. The Morgan fingerprint density at radius 3 is 2.06 bits per heavy atom. The van der Waals surface area contributed by atoms with Crippen molar-refractivity contribution in [2.24, 2.45) is 0 Å². The van der Waals surface area contributed by atoms with Gasteiger partial charge in [-0.3, -0.25) is 14.9 Å². The van der Waals surface area contributed by atoms with E-state index in [9.17, 15) is 24.5 Å². The molecule has 0 bridgehead atoms. The number of hydrogen-bond donors (Lipinski definition) is 0. The van der Waals surface area contributed by atoms with Crippen molar-refractivity contribution in [2.45, 2.75) is 13.8 Å². The van der Waals surface area contributed by atoms with Gasteiger partial charge in [-0.05, 0) is 56.3 Å². The van der Waals surface area contributed by atoms with Crippen LogP contribution in [0.1, 0.15) is 42.5 Å². The van der Waals surface area contributed by atoms with E-state index in [0.717, 1.165) is 11.4 Å². The third-order valence-corrected chi connectivity index (χ3v) is 4.93. The van der Waals surface area contributed by atoms with Crippen molar-refractivity contribution in [3.63, 3.8) is 0 Å². The number of carbonyl (C=O) groups excluding carboxylic acids is 3. The van der Waals surface area contributed by atoms with E-state index in [0.29, 0.717) is 16.8 Å². The van der Waals surface area contributed by atoms with E-state index < -0.39 is 23.5 Å². The second kappa shape index (κ2) is 9.25. The minimum absolute atomic E-state index is 0.111. The number of nitro benzene ring substituents is 1. The van der Waals surface area contributed by atoms with Gasteiger partial charge in [0.1, 0.15) is 0 Å². The monoisotopic (exact) mass is 436 g/mol. The van der Waals surface area contributed by atoms with Crippen LogP contribution in [0.3, 0.4) is 0 Å². The molecule has 3 rings (SSSR count). The molecule has 0 N–H and O–H groups in total. The van der Waals surface area contributed by atoms with Gasteiger partial charge in [0.15, 0.2) is 6.61 Å². The SMILES string of the molecule is COC(=O)c1ccc(-n2c(C)cc(C(=O)COC(=O)c3ccc([N+](=O)[O-])cc3)c2C)cc1. The predicted molar refractivity (Wildman–Crippen MR) is 114 cm³/mol. The van der Waals surface area contributed by atoms with Crippen LogP contribution in [0.5, 0.6) is 0 Å². The zero-order valence-electron chi connectivity index (χ0n) is 17.7. The molecule has 2 aromatic carbocycles. The first-order valence-corrected chi connectivity index (χ1v) is 9.55. The molecule has 0 aliphatic rings. The van der Waals surface area contributed by atoms with Crippen molar-refractivity contribution in [3.8, 4) is 5.69 Å². The van der Waals surface area contributed by atoms with Gasteiger partial charge in [0.05, 0.1) is 23.2 Å². The Morgan fingerprint density at radius 2 is 1.50 bits per heavy atom. The van der Waals surface area contributed by atoms with Crippen molar-refractivity contribution >= 4 is 23.4 Å². The lowest BCUT2D eigenvalue weighted by Crippen LogP contribution is -2.15.